The fourth-order valence-corrected chi connectivity index (χ4v) is 4.18. The van der Waals surface area contributed by atoms with Gasteiger partial charge in [0.2, 0.25) is 0 Å². The average Bonchev–Trinajstić information content (AvgIpc) is 2.79. The minimum Gasteiger partial charge on any atom is -0.506 e. The van der Waals surface area contributed by atoms with Gasteiger partial charge in [-0.15, -0.1) is 0 Å². The van der Waals surface area contributed by atoms with Crippen LogP contribution in [-0.2, 0) is 11.3 Å². The summed E-state index contributed by atoms with van der Waals surface area (Å²) in [6.07, 6.45) is 0. The summed E-state index contributed by atoms with van der Waals surface area (Å²) >= 11 is 0. The number of quaternary nitrogens is 1. The summed E-state index contributed by atoms with van der Waals surface area (Å²) in [5.41, 5.74) is 1.99. The van der Waals surface area contributed by atoms with Crippen LogP contribution in [0.25, 0.3) is 10.8 Å². The van der Waals surface area contributed by atoms with Crippen LogP contribution in [0.3, 0.4) is 0 Å². The smallest absolute Gasteiger partial charge is 0.277 e. The lowest BCUT2D eigenvalue weighted by Gasteiger charge is -2.34. The molecule has 0 aromatic heterocycles. The second-order valence-corrected chi connectivity index (χ2v) is 8.20. The number of carbonyl (C=O) groups excluding carboxylic acids is 1. The standard InChI is InChI=1S/C25H29N3O3/c1-26(17-19-7-8-21-16-22(31-2)10-9-20(21)15-19)25(30)18-27-11-13-28(14-12-27)23-5-3-4-6-24(23)29/h3-10,15-16,29H,11-14,17-18H2,1-2H3/p+1. The Morgan fingerprint density at radius 1 is 1.06 bits per heavy atom. The largest absolute Gasteiger partial charge is 0.506 e. The van der Waals surface area contributed by atoms with Crippen LogP contribution in [-0.4, -0.2) is 62.8 Å². The van der Waals surface area contributed by atoms with Gasteiger partial charge in [0.1, 0.15) is 11.5 Å². The van der Waals surface area contributed by atoms with Crippen molar-refractivity contribution in [1.82, 2.24) is 4.90 Å². The highest BCUT2D eigenvalue weighted by Gasteiger charge is 2.24. The van der Waals surface area contributed by atoms with Crippen molar-refractivity contribution in [3.63, 3.8) is 0 Å². The Kier molecular flexibility index (Phi) is 6.28. The summed E-state index contributed by atoms with van der Waals surface area (Å²) in [6.45, 7) is 4.52. The summed E-state index contributed by atoms with van der Waals surface area (Å²) in [4.78, 5) is 18.1. The van der Waals surface area contributed by atoms with E-state index in [0.29, 0.717) is 18.8 Å². The van der Waals surface area contributed by atoms with E-state index in [2.05, 4.69) is 23.1 Å². The van der Waals surface area contributed by atoms with E-state index < -0.39 is 0 Å². The van der Waals surface area contributed by atoms with E-state index in [1.807, 2.05) is 48.3 Å². The number of carbonyl (C=O) groups is 1. The number of aromatic hydroxyl groups is 1. The number of hydrogen-bond donors (Lipinski definition) is 2. The molecular formula is C25H30N3O3+. The zero-order valence-corrected chi connectivity index (χ0v) is 18.2. The van der Waals surface area contributed by atoms with Crippen LogP contribution in [0.15, 0.2) is 60.7 Å². The number of ether oxygens (including phenoxy) is 1. The SMILES string of the molecule is COc1ccc2cc(CN(C)C(=O)C[NH+]3CCN(c4ccccc4O)CC3)ccc2c1. The lowest BCUT2D eigenvalue weighted by molar-refractivity contribution is -0.892. The molecule has 0 atom stereocenters. The normalized spacial score (nSPS) is 14.6. The molecule has 0 spiro atoms. The molecule has 0 saturated carbocycles. The zero-order chi connectivity index (χ0) is 21.8. The molecule has 0 bridgehead atoms. The molecule has 0 unspecified atom stereocenters. The van der Waals surface area contributed by atoms with Crippen LogP contribution in [0.2, 0.25) is 0 Å². The molecular weight excluding hydrogens is 390 g/mol. The predicted octanol–water partition coefficient (Wildman–Crippen LogP) is 1.92. The molecule has 1 fully saturated rings. The van der Waals surface area contributed by atoms with E-state index in [0.717, 1.165) is 54.0 Å². The Hall–Kier alpha value is -3.25. The van der Waals surface area contributed by atoms with Gasteiger partial charge in [0.05, 0.1) is 39.0 Å². The molecule has 0 radical (unpaired) electrons. The molecule has 1 aliphatic rings. The number of benzene rings is 3. The number of nitrogens with one attached hydrogen (secondary N) is 1. The third kappa shape index (κ3) is 4.91. The van der Waals surface area contributed by atoms with Crippen molar-refractivity contribution in [2.75, 3.05) is 51.8 Å². The van der Waals surface area contributed by atoms with E-state index in [-0.39, 0.29) is 5.91 Å². The van der Waals surface area contributed by atoms with Gasteiger partial charge in [0.15, 0.2) is 6.54 Å². The predicted molar refractivity (Wildman–Crippen MR) is 123 cm³/mol. The van der Waals surface area contributed by atoms with Crippen molar-refractivity contribution in [3.8, 4) is 11.5 Å². The van der Waals surface area contributed by atoms with Crippen molar-refractivity contribution in [1.29, 1.82) is 0 Å². The van der Waals surface area contributed by atoms with Crippen molar-refractivity contribution < 1.29 is 19.5 Å². The maximum Gasteiger partial charge on any atom is 0.277 e. The minimum atomic E-state index is 0.154. The number of para-hydroxylation sites is 2. The number of fused-ring (bicyclic) bond motifs is 1. The molecule has 1 amide bonds. The number of rotatable bonds is 6. The Morgan fingerprint density at radius 3 is 2.52 bits per heavy atom. The summed E-state index contributed by atoms with van der Waals surface area (Å²) in [6, 6.07) is 19.8. The molecule has 1 saturated heterocycles. The van der Waals surface area contributed by atoms with Gasteiger partial charge in [-0.25, -0.2) is 0 Å². The molecule has 162 valence electrons. The summed E-state index contributed by atoms with van der Waals surface area (Å²) in [5.74, 6) is 1.31. The van der Waals surface area contributed by atoms with Crippen LogP contribution < -0.4 is 14.5 Å². The molecule has 1 aliphatic heterocycles. The van der Waals surface area contributed by atoms with Crippen LogP contribution in [0.1, 0.15) is 5.56 Å². The fraction of sp³-hybridized carbons (Fsp3) is 0.320. The third-order valence-electron chi connectivity index (χ3n) is 6.05. The van der Waals surface area contributed by atoms with Crippen molar-refractivity contribution in [2.45, 2.75) is 6.54 Å². The first-order valence-electron chi connectivity index (χ1n) is 10.7. The summed E-state index contributed by atoms with van der Waals surface area (Å²) in [7, 11) is 3.54. The monoisotopic (exact) mass is 420 g/mol. The van der Waals surface area contributed by atoms with Gasteiger partial charge in [-0.05, 0) is 46.7 Å². The number of hydrogen-bond acceptors (Lipinski definition) is 4. The fourth-order valence-electron chi connectivity index (χ4n) is 4.18. The highest BCUT2D eigenvalue weighted by Crippen LogP contribution is 2.26. The summed E-state index contributed by atoms with van der Waals surface area (Å²) in [5, 5.41) is 12.3. The molecule has 0 aliphatic carbocycles. The van der Waals surface area contributed by atoms with Gasteiger partial charge < -0.3 is 24.5 Å². The highest BCUT2D eigenvalue weighted by atomic mass is 16.5. The lowest BCUT2D eigenvalue weighted by atomic mass is 10.1. The Morgan fingerprint density at radius 2 is 1.77 bits per heavy atom. The van der Waals surface area contributed by atoms with E-state index in [4.69, 9.17) is 4.74 Å². The van der Waals surface area contributed by atoms with Gasteiger partial charge in [0, 0.05) is 13.6 Å². The van der Waals surface area contributed by atoms with E-state index in [1.54, 1.807) is 13.2 Å². The molecule has 3 aromatic rings. The second-order valence-electron chi connectivity index (χ2n) is 8.20. The van der Waals surface area contributed by atoms with Crippen LogP contribution in [0.4, 0.5) is 5.69 Å². The Labute approximate surface area is 183 Å². The third-order valence-corrected chi connectivity index (χ3v) is 6.05. The molecule has 1 heterocycles. The van der Waals surface area contributed by atoms with E-state index in [9.17, 15) is 9.90 Å². The molecule has 6 nitrogen and oxygen atoms in total. The van der Waals surface area contributed by atoms with Crippen molar-refractivity contribution in [3.05, 3.63) is 66.2 Å². The maximum atomic E-state index is 12.8. The molecule has 2 N–H and O–H groups in total. The van der Waals surface area contributed by atoms with Crippen molar-refractivity contribution >= 4 is 22.4 Å². The molecule has 3 aromatic carbocycles. The van der Waals surface area contributed by atoms with Crippen LogP contribution in [0.5, 0.6) is 11.5 Å². The zero-order valence-electron chi connectivity index (χ0n) is 18.2. The average molecular weight is 421 g/mol. The van der Waals surface area contributed by atoms with E-state index in [1.165, 1.54) is 4.90 Å². The topological polar surface area (TPSA) is 57.5 Å². The van der Waals surface area contributed by atoms with Crippen LogP contribution in [0, 0.1) is 0 Å². The van der Waals surface area contributed by atoms with Gasteiger partial charge in [-0.1, -0.05) is 30.3 Å². The molecule has 6 heteroatoms. The number of likely N-dealkylation sites (N-methyl/N-ethyl adjacent to an activating group) is 1. The molecule has 31 heavy (non-hydrogen) atoms. The Bertz CT molecular complexity index is 1060. The van der Waals surface area contributed by atoms with Crippen molar-refractivity contribution in [2.24, 2.45) is 0 Å². The number of phenols is 1. The number of amides is 1. The minimum absolute atomic E-state index is 0.154. The first-order chi connectivity index (χ1) is 15.0. The number of piperazine rings is 1. The first kappa shape index (κ1) is 21.0. The van der Waals surface area contributed by atoms with Gasteiger partial charge in [-0.2, -0.15) is 0 Å². The highest BCUT2D eigenvalue weighted by molar-refractivity contribution is 5.84. The summed E-state index contributed by atoms with van der Waals surface area (Å²) < 4.78 is 5.29. The quantitative estimate of drug-likeness (QED) is 0.640. The maximum absolute atomic E-state index is 12.8. The number of phenolic OH excluding ortho intramolecular Hbond substituents is 1. The second kappa shape index (κ2) is 9.27. The first-order valence-corrected chi connectivity index (χ1v) is 10.7. The number of methoxy groups -OCH3 is 1. The van der Waals surface area contributed by atoms with Crippen LogP contribution >= 0.6 is 0 Å². The Balaban J connectivity index is 1.31. The van der Waals surface area contributed by atoms with E-state index >= 15 is 0 Å². The molecule has 4 rings (SSSR count). The number of anilines is 1. The van der Waals surface area contributed by atoms with Gasteiger partial charge in [0.25, 0.3) is 5.91 Å². The van der Waals surface area contributed by atoms with Gasteiger partial charge in [-0.3, -0.25) is 4.79 Å². The lowest BCUT2D eigenvalue weighted by Crippen LogP contribution is -3.15. The number of nitrogens with zero attached hydrogens (tertiary/aromatic N) is 2. The van der Waals surface area contributed by atoms with Gasteiger partial charge >= 0.3 is 0 Å².